The molecule has 3 heterocycles. The number of thiazole rings is 1. The molecule has 0 atom stereocenters. The number of carbonyl (C=O) groups excluding carboxylic acids is 2. The molecular formula is C20H17F3N4O4S. The van der Waals surface area contributed by atoms with Crippen molar-refractivity contribution in [1.29, 1.82) is 0 Å². The number of aromatic nitrogens is 2. The average molecular weight is 466 g/mol. The van der Waals surface area contributed by atoms with Crippen LogP contribution in [0.4, 0.5) is 24.0 Å². The van der Waals surface area contributed by atoms with Gasteiger partial charge in [-0.3, -0.25) is 4.79 Å². The molecule has 4 rings (SSSR count). The zero-order valence-electron chi connectivity index (χ0n) is 16.6. The Kier molecular flexibility index (Phi) is 5.73. The average Bonchev–Trinajstić information content (AvgIpc) is 3.13. The van der Waals surface area contributed by atoms with Crippen molar-refractivity contribution in [3.63, 3.8) is 0 Å². The second-order valence-electron chi connectivity index (χ2n) is 7.17. The van der Waals surface area contributed by atoms with E-state index in [9.17, 15) is 27.9 Å². The summed E-state index contributed by atoms with van der Waals surface area (Å²) in [5, 5.41) is 12.3. The second-order valence-corrected chi connectivity index (χ2v) is 8.18. The zero-order valence-corrected chi connectivity index (χ0v) is 17.5. The molecule has 0 radical (unpaired) electrons. The maximum Gasteiger partial charge on any atom is 0.433 e. The largest absolute Gasteiger partial charge is 0.465 e. The number of carbonyl (C=O) groups is 2. The number of alkyl halides is 3. The van der Waals surface area contributed by atoms with Gasteiger partial charge < -0.3 is 20.1 Å². The van der Waals surface area contributed by atoms with Gasteiger partial charge in [-0.05, 0) is 24.3 Å². The standard InChI is InChI=1S/C20H17F3N4O4S/c1-31-18(30)11-5-14-15(32-19(26-14)27-7-10(8-27)9-28)6-13(11)25-17(29)12-3-2-4-16(24-12)20(21,22)23/h2-6,10,28H,7-9H2,1H3,(H,25,29). The molecule has 0 bridgehead atoms. The Balaban J connectivity index is 1.66. The van der Waals surface area contributed by atoms with Crippen molar-refractivity contribution in [3.8, 4) is 0 Å². The number of rotatable bonds is 5. The van der Waals surface area contributed by atoms with E-state index >= 15 is 0 Å². The minimum atomic E-state index is -4.70. The third-order valence-electron chi connectivity index (χ3n) is 4.93. The highest BCUT2D eigenvalue weighted by Gasteiger charge is 2.33. The van der Waals surface area contributed by atoms with Crippen molar-refractivity contribution in [2.24, 2.45) is 5.92 Å². The minimum Gasteiger partial charge on any atom is -0.465 e. The van der Waals surface area contributed by atoms with Gasteiger partial charge >= 0.3 is 12.1 Å². The van der Waals surface area contributed by atoms with Crippen molar-refractivity contribution < 1.29 is 32.6 Å². The predicted molar refractivity (Wildman–Crippen MR) is 111 cm³/mol. The van der Waals surface area contributed by atoms with Crippen molar-refractivity contribution in [2.45, 2.75) is 6.18 Å². The normalized spacial score (nSPS) is 14.3. The van der Waals surface area contributed by atoms with Gasteiger partial charge in [0.2, 0.25) is 0 Å². The van der Waals surface area contributed by atoms with E-state index in [4.69, 9.17) is 4.74 Å². The third-order valence-corrected chi connectivity index (χ3v) is 6.01. The second kappa shape index (κ2) is 8.36. The summed E-state index contributed by atoms with van der Waals surface area (Å²) >= 11 is 1.33. The number of esters is 1. The molecule has 12 heteroatoms. The Morgan fingerprint density at radius 3 is 2.69 bits per heavy atom. The van der Waals surface area contributed by atoms with Crippen LogP contribution >= 0.6 is 11.3 Å². The van der Waals surface area contributed by atoms with E-state index < -0.39 is 29.4 Å². The Bertz CT molecular complexity index is 1190. The fraction of sp³-hybridized carbons (Fsp3) is 0.300. The highest BCUT2D eigenvalue weighted by atomic mass is 32.1. The van der Waals surface area contributed by atoms with E-state index in [0.717, 1.165) is 18.2 Å². The summed E-state index contributed by atoms with van der Waals surface area (Å²) in [6.07, 6.45) is -4.70. The fourth-order valence-corrected chi connectivity index (χ4v) is 4.23. The molecule has 3 aromatic rings. The lowest BCUT2D eigenvalue weighted by molar-refractivity contribution is -0.141. The molecule has 0 aliphatic carbocycles. The van der Waals surface area contributed by atoms with E-state index in [1.807, 2.05) is 4.90 Å². The Morgan fingerprint density at radius 2 is 2.03 bits per heavy atom. The van der Waals surface area contributed by atoms with E-state index in [1.165, 1.54) is 30.6 Å². The lowest BCUT2D eigenvalue weighted by atomic mass is 10.0. The van der Waals surface area contributed by atoms with Gasteiger partial charge in [0.1, 0.15) is 11.4 Å². The number of fused-ring (bicyclic) bond motifs is 1. The first-order valence-corrected chi connectivity index (χ1v) is 10.3. The molecule has 2 aromatic heterocycles. The number of hydrogen-bond donors (Lipinski definition) is 2. The summed E-state index contributed by atoms with van der Waals surface area (Å²) in [5.41, 5.74) is -1.06. The highest BCUT2D eigenvalue weighted by molar-refractivity contribution is 7.22. The van der Waals surface area contributed by atoms with Gasteiger partial charge in [0.05, 0.1) is 28.6 Å². The monoisotopic (exact) mass is 466 g/mol. The quantitative estimate of drug-likeness (QED) is 0.557. The number of halogens is 3. The maximum absolute atomic E-state index is 12.9. The first-order valence-electron chi connectivity index (χ1n) is 9.44. The number of benzene rings is 1. The maximum atomic E-state index is 12.9. The van der Waals surface area contributed by atoms with Crippen LogP contribution in [0.5, 0.6) is 0 Å². The van der Waals surface area contributed by atoms with Crippen LogP contribution in [0, 0.1) is 5.92 Å². The molecule has 1 aromatic carbocycles. The van der Waals surface area contributed by atoms with Crippen LogP contribution < -0.4 is 10.2 Å². The molecule has 0 saturated carbocycles. The number of ether oxygens (including phenoxy) is 1. The van der Waals surface area contributed by atoms with E-state index in [-0.39, 0.29) is 23.8 Å². The Labute approximate surface area is 183 Å². The summed E-state index contributed by atoms with van der Waals surface area (Å²) in [6.45, 7) is 1.41. The molecule has 1 aliphatic rings. The van der Waals surface area contributed by atoms with Gasteiger partial charge in [-0.15, -0.1) is 0 Å². The van der Waals surface area contributed by atoms with Crippen LogP contribution in [-0.2, 0) is 10.9 Å². The van der Waals surface area contributed by atoms with Gasteiger partial charge in [0.15, 0.2) is 5.13 Å². The molecule has 32 heavy (non-hydrogen) atoms. The van der Waals surface area contributed by atoms with Gasteiger partial charge in [-0.2, -0.15) is 13.2 Å². The predicted octanol–water partition coefficient (Wildman–Crippen LogP) is 3.18. The Morgan fingerprint density at radius 1 is 1.28 bits per heavy atom. The van der Waals surface area contributed by atoms with Crippen LogP contribution in [0.2, 0.25) is 0 Å². The molecule has 0 unspecified atom stereocenters. The number of amides is 1. The summed E-state index contributed by atoms with van der Waals surface area (Å²) in [4.78, 5) is 34.7. The number of anilines is 2. The highest BCUT2D eigenvalue weighted by Crippen LogP contribution is 2.36. The molecule has 1 fully saturated rings. The molecule has 8 nitrogen and oxygen atoms in total. The van der Waals surface area contributed by atoms with Crippen LogP contribution in [-0.4, -0.2) is 53.8 Å². The van der Waals surface area contributed by atoms with Crippen molar-refractivity contribution in [1.82, 2.24) is 9.97 Å². The fourth-order valence-electron chi connectivity index (χ4n) is 3.23. The first-order chi connectivity index (χ1) is 15.2. The van der Waals surface area contributed by atoms with Crippen molar-refractivity contribution in [2.75, 3.05) is 37.0 Å². The number of aliphatic hydroxyl groups is 1. The molecule has 0 spiro atoms. The summed E-state index contributed by atoms with van der Waals surface area (Å²) in [6, 6.07) is 5.97. The number of nitrogens with one attached hydrogen (secondary N) is 1. The SMILES string of the molecule is COC(=O)c1cc2nc(N3CC(CO)C3)sc2cc1NC(=O)c1cccc(C(F)(F)F)n1. The lowest BCUT2D eigenvalue weighted by Crippen LogP contribution is -2.48. The van der Waals surface area contributed by atoms with Crippen LogP contribution in [0.3, 0.4) is 0 Å². The van der Waals surface area contributed by atoms with Gasteiger partial charge in [-0.1, -0.05) is 17.4 Å². The van der Waals surface area contributed by atoms with Gasteiger partial charge in [0.25, 0.3) is 5.91 Å². The van der Waals surface area contributed by atoms with E-state index in [2.05, 4.69) is 15.3 Å². The number of nitrogens with zero attached hydrogens (tertiary/aromatic N) is 3. The first kappa shape index (κ1) is 22.0. The zero-order chi connectivity index (χ0) is 23.0. The molecule has 1 amide bonds. The molecular weight excluding hydrogens is 449 g/mol. The molecule has 1 aliphatic heterocycles. The third kappa shape index (κ3) is 4.23. The molecule has 1 saturated heterocycles. The number of aliphatic hydroxyl groups excluding tert-OH is 1. The van der Waals surface area contributed by atoms with Crippen LogP contribution in [0.1, 0.15) is 26.5 Å². The topological polar surface area (TPSA) is 105 Å². The molecule has 2 N–H and O–H groups in total. The smallest absolute Gasteiger partial charge is 0.433 e. The van der Waals surface area contributed by atoms with Gasteiger partial charge in [-0.25, -0.2) is 14.8 Å². The van der Waals surface area contributed by atoms with Crippen LogP contribution in [0.15, 0.2) is 30.3 Å². The number of pyridine rings is 1. The summed E-state index contributed by atoms with van der Waals surface area (Å²) in [7, 11) is 1.17. The van der Waals surface area contributed by atoms with E-state index in [0.29, 0.717) is 28.4 Å². The number of methoxy groups -OCH3 is 1. The van der Waals surface area contributed by atoms with Crippen molar-refractivity contribution >= 4 is 44.2 Å². The Hall–Kier alpha value is -3.25. The lowest BCUT2D eigenvalue weighted by Gasteiger charge is -2.37. The molecule has 168 valence electrons. The van der Waals surface area contributed by atoms with E-state index in [1.54, 1.807) is 0 Å². The van der Waals surface area contributed by atoms with Gasteiger partial charge in [0, 0.05) is 25.6 Å². The summed E-state index contributed by atoms with van der Waals surface area (Å²) in [5.74, 6) is -1.46. The van der Waals surface area contributed by atoms with Crippen molar-refractivity contribution in [3.05, 3.63) is 47.3 Å². The summed E-state index contributed by atoms with van der Waals surface area (Å²) < 4.78 is 44.2. The van der Waals surface area contributed by atoms with Crippen LogP contribution in [0.25, 0.3) is 10.2 Å². The number of hydrogen-bond acceptors (Lipinski definition) is 8. The minimum absolute atomic E-state index is 0.00835.